The lowest BCUT2D eigenvalue weighted by atomic mass is 9.66. The Balaban J connectivity index is 1.89. The second kappa shape index (κ2) is 10.1. The maximum atomic E-state index is 14.3. The second-order valence-corrected chi connectivity index (χ2v) is 10.4. The number of H-pyrrole nitrogens is 1. The van der Waals surface area contributed by atoms with Crippen molar-refractivity contribution in [3.63, 3.8) is 0 Å². The van der Waals surface area contributed by atoms with Gasteiger partial charge in [0.05, 0.1) is 11.5 Å². The van der Waals surface area contributed by atoms with Gasteiger partial charge in [0.15, 0.2) is 5.76 Å². The van der Waals surface area contributed by atoms with E-state index >= 15 is 0 Å². The van der Waals surface area contributed by atoms with Crippen LogP contribution in [0, 0.1) is 5.41 Å². The minimum Gasteiger partial charge on any atom is -0.492 e. The van der Waals surface area contributed by atoms with Crippen LogP contribution in [0.4, 0.5) is 0 Å². The van der Waals surface area contributed by atoms with E-state index in [1.165, 1.54) is 0 Å². The number of carbonyl (C=O) groups excluding carboxylic acids is 1. The largest absolute Gasteiger partial charge is 0.492 e. The lowest BCUT2D eigenvalue weighted by molar-refractivity contribution is -0.155. The molecule has 1 amide bonds. The van der Waals surface area contributed by atoms with E-state index in [0.29, 0.717) is 16.5 Å². The Morgan fingerprint density at radius 1 is 1.09 bits per heavy atom. The normalized spacial score (nSPS) is 22.7. The molecular formula is C27H30Cl2N2O4. The molecule has 3 aromatic rings. The minimum atomic E-state index is -0.923. The summed E-state index contributed by atoms with van der Waals surface area (Å²) in [5.41, 5.74) is 1.10. The molecule has 1 fully saturated rings. The van der Waals surface area contributed by atoms with E-state index in [1.807, 2.05) is 60.4 Å². The van der Waals surface area contributed by atoms with Crippen molar-refractivity contribution in [1.29, 1.82) is 0 Å². The molecule has 0 bridgehead atoms. The molecule has 186 valence electrons. The number of piperidine rings is 1. The van der Waals surface area contributed by atoms with Gasteiger partial charge in [-0.3, -0.25) is 9.78 Å². The fraction of sp³-hybridized carbons (Fsp3) is 0.407. The zero-order valence-electron chi connectivity index (χ0n) is 20.1. The van der Waals surface area contributed by atoms with Crippen molar-refractivity contribution < 1.29 is 14.3 Å². The molecule has 1 aliphatic heterocycles. The second-order valence-electron chi connectivity index (χ2n) is 9.57. The molecule has 4 rings (SSSR count). The highest BCUT2D eigenvalue weighted by molar-refractivity contribution is 6.30. The number of aromatic amines is 1. The molecule has 0 radical (unpaired) electrons. The average molecular weight is 517 g/mol. The Labute approximate surface area is 214 Å². The van der Waals surface area contributed by atoms with E-state index in [1.54, 1.807) is 0 Å². The molecule has 2 aromatic carbocycles. The molecule has 0 spiro atoms. The summed E-state index contributed by atoms with van der Waals surface area (Å²) >= 11 is 12.6. The van der Waals surface area contributed by atoms with Crippen LogP contribution in [0.15, 0.2) is 57.7 Å². The van der Waals surface area contributed by atoms with Gasteiger partial charge < -0.3 is 14.4 Å². The Morgan fingerprint density at radius 2 is 1.77 bits per heavy atom. The van der Waals surface area contributed by atoms with Crippen molar-refractivity contribution in [3.8, 4) is 5.88 Å². The van der Waals surface area contributed by atoms with E-state index in [4.69, 9.17) is 27.6 Å². The van der Waals surface area contributed by atoms with Crippen LogP contribution in [0.1, 0.15) is 68.9 Å². The summed E-state index contributed by atoms with van der Waals surface area (Å²) in [5.74, 6) is -1.12. The number of likely N-dealkylation sites (tertiary alicyclic amines) is 1. The van der Waals surface area contributed by atoms with Crippen molar-refractivity contribution in [3.05, 3.63) is 86.0 Å². The average Bonchev–Trinajstić information content (AvgIpc) is 3.14. The number of hydrogen-bond acceptors (Lipinski definition) is 4. The van der Waals surface area contributed by atoms with Gasteiger partial charge in [0.2, 0.25) is 11.8 Å². The minimum absolute atomic E-state index is 0.00341. The fourth-order valence-corrected chi connectivity index (χ4v) is 5.78. The van der Waals surface area contributed by atoms with E-state index < -0.39 is 11.2 Å². The van der Waals surface area contributed by atoms with Crippen LogP contribution in [0.25, 0.3) is 0 Å². The third kappa shape index (κ3) is 5.00. The Kier molecular flexibility index (Phi) is 7.34. The van der Waals surface area contributed by atoms with Gasteiger partial charge in [0.1, 0.15) is 0 Å². The maximum Gasteiger partial charge on any atom is 0.419 e. The summed E-state index contributed by atoms with van der Waals surface area (Å²) in [6.45, 7) is 6.04. The van der Waals surface area contributed by atoms with Gasteiger partial charge in [0, 0.05) is 28.4 Å². The van der Waals surface area contributed by atoms with Crippen LogP contribution in [-0.2, 0) is 11.2 Å². The van der Waals surface area contributed by atoms with Crippen LogP contribution >= 0.6 is 23.2 Å². The first-order valence-corrected chi connectivity index (χ1v) is 12.7. The Morgan fingerprint density at radius 3 is 2.34 bits per heavy atom. The standard InChI is InChI=1S/C27H30Cl2N2O4/c1-4-20(5-2)31-23(16-9-11-18(28)12-10-16)21(17-7-6-8-19(29)13-17)14-27(3,25(31)33)15-22-24(32)30-26(34)35-22/h6-13,20-21,23,32H,4-5,14-15H2,1-3H3,(H,30,34). The van der Waals surface area contributed by atoms with Crippen LogP contribution in [-0.4, -0.2) is 26.9 Å². The zero-order valence-corrected chi connectivity index (χ0v) is 21.6. The molecule has 8 heteroatoms. The topological polar surface area (TPSA) is 86.5 Å². The fourth-order valence-electron chi connectivity index (χ4n) is 5.46. The van der Waals surface area contributed by atoms with Crippen LogP contribution in [0.5, 0.6) is 5.88 Å². The molecule has 1 aliphatic rings. The number of aromatic hydroxyl groups is 1. The number of aromatic nitrogens is 1. The summed E-state index contributed by atoms with van der Waals surface area (Å²) in [6.07, 6.45) is 2.15. The molecule has 2 N–H and O–H groups in total. The Hall–Kier alpha value is -2.70. The molecule has 0 aliphatic carbocycles. The SMILES string of the molecule is CCC(CC)N1C(=O)C(C)(Cc2oc(=O)[nH]c2O)CC(c2cccc(Cl)c2)C1c1ccc(Cl)cc1. The third-order valence-electron chi connectivity index (χ3n) is 7.18. The van der Waals surface area contributed by atoms with Crippen molar-refractivity contribution in [2.24, 2.45) is 5.41 Å². The van der Waals surface area contributed by atoms with Crippen molar-refractivity contribution in [2.75, 3.05) is 0 Å². The van der Waals surface area contributed by atoms with Crippen LogP contribution in [0.2, 0.25) is 10.0 Å². The van der Waals surface area contributed by atoms with Crippen molar-refractivity contribution >= 4 is 29.1 Å². The number of nitrogens with zero attached hydrogens (tertiary/aromatic N) is 1. The highest BCUT2D eigenvalue weighted by atomic mass is 35.5. The number of rotatable bonds is 7. The third-order valence-corrected chi connectivity index (χ3v) is 7.66. The lowest BCUT2D eigenvalue weighted by Gasteiger charge is -2.52. The van der Waals surface area contributed by atoms with Crippen molar-refractivity contribution in [1.82, 2.24) is 9.88 Å². The molecule has 1 aromatic heterocycles. The zero-order chi connectivity index (χ0) is 25.3. The lowest BCUT2D eigenvalue weighted by Crippen LogP contribution is -2.56. The number of nitrogens with one attached hydrogen (secondary N) is 1. The number of amides is 1. The van der Waals surface area contributed by atoms with Gasteiger partial charge in [-0.05, 0) is 54.7 Å². The summed E-state index contributed by atoms with van der Waals surface area (Å²) < 4.78 is 5.20. The smallest absolute Gasteiger partial charge is 0.419 e. The Bertz CT molecular complexity index is 1250. The van der Waals surface area contributed by atoms with Gasteiger partial charge >= 0.3 is 5.76 Å². The monoisotopic (exact) mass is 516 g/mol. The molecule has 3 unspecified atom stereocenters. The van der Waals surface area contributed by atoms with Gasteiger partial charge in [-0.15, -0.1) is 0 Å². The maximum absolute atomic E-state index is 14.3. The summed E-state index contributed by atoms with van der Waals surface area (Å²) in [5, 5.41) is 11.5. The van der Waals surface area contributed by atoms with Gasteiger partial charge in [-0.25, -0.2) is 4.79 Å². The molecule has 2 heterocycles. The quantitative estimate of drug-likeness (QED) is 0.376. The molecular weight excluding hydrogens is 487 g/mol. The van der Waals surface area contributed by atoms with E-state index in [2.05, 4.69) is 18.8 Å². The molecule has 6 nitrogen and oxygen atoms in total. The first kappa shape index (κ1) is 25.4. The number of benzene rings is 2. The highest BCUT2D eigenvalue weighted by Gasteiger charge is 2.51. The number of carbonyl (C=O) groups is 1. The molecule has 3 atom stereocenters. The van der Waals surface area contributed by atoms with E-state index in [0.717, 1.165) is 24.0 Å². The summed E-state index contributed by atoms with van der Waals surface area (Å²) in [7, 11) is 0. The highest BCUT2D eigenvalue weighted by Crippen LogP contribution is 2.52. The summed E-state index contributed by atoms with van der Waals surface area (Å²) in [6, 6.07) is 15.2. The summed E-state index contributed by atoms with van der Waals surface area (Å²) in [4.78, 5) is 30.2. The van der Waals surface area contributed by atoms with Gasteiger partial charge in [-0.2, -0.15) is 0 Å². The molecule has 1 saturated heterocycles. The van der Waals surface area contributed by atoms with Crippen LogP contribution < -0.4 is 5.76 Å². The first-order valence-electron chi connectivity index (χ1n) is 11.9. The number of hydrogen-bond donors (Lipinski definition) is 2. The van der Waals surface area contributed by atoms with Crippen LogP contribution in [0.3, 0.4) is 0 Å². The molecule has 35 heavy (non-hydrogen) atoms. The van der Waals surface area contributed by atoms with Gasteiger partial charge in [0.25, 0.3) is 0 Å². The van der Waals surface area contributed by atoms with Crippen molar-refractivity contribution in [2.45, 2.75) is 64.5 Å². The number of oxazole rings is 1. The number of halogens is 2. The van der Waals surface area contributed by atoms with Gasteiger partial charge in [-0.1, -0.05) is 68.2 Å². The van der Waals surface area contributed by atoms with E-state index in [-0.39, 0.29) is 42.0 Å². The molecule has 0 saturated carbocycles. The first-order chi connectivity index (χ1) is 16.7. The predicted octanol–water partition coefficient (Wildman–Crippen LogP) is 6.48. The van der Waals surface area contributed by atoms with E-state index in [9.17, 15) is 14.7 Å². The predicted molar refractivity (Wildman–Crippen MR) is 137 cm³/mol.